The van der Waals surface area contributed by atoms with Crippen molar-refractivity contribution in [3.8, 4) is 17.1 Å². The van der Waals surface area contributed by atoms with Crippen molar-refractivity contribution in [3.05, 3.63) is 65.0 Å². The van der Waals surface area contributed by atoms with Crippen LogP contribution in [0.1, 0.15) is 18.9 Å². The lowest BCUT2D eigenvalue weighted by Gasteiger charge is -2.09. The summed E-state index contributed by atoms with van der Waals surface area (Å²) in [6.07, 6.45) is -0.302. The van der Waals surface area contributed by atoms with E-state index in [1.165, 1.54) is 0 Å². The zero-order valence-corrected chi connectivity index (χ0v) is 12.9. The lowest BCUT2D eigenvalue weighted by atomic mass is 10.2. The molecule has 1 atom stereocenters. The van der Waals surface area contributed by atoms with Crippen molar-refractivity contribution in [2.24, 2.45) is 0 Å². The van der Waals surface area contributed by atoms with Crippen molar-refractivity contribution in [1.29, 1.82) is 0 Å². The summed E-state index contributed by atoms with van der Waals surface area (Å²) < 4.78 is 12.1. The topological polar surface area (TPSA) is 48.2 Å². The van der Waals surface area contributed by atoms with Crippen molar-refractivity contribution in [1.82, 2.24) is 10.1 Å². The van der Waals surface area contributed by atoms with Crippen LogP contribution in [0, 0.1) is 0 Å². The fourth-order valence-corrected chi connectivity index (χ4v) is 2.13. The van der Waals surface area contributed by atoms with Gasteiger partial charge in [0.05, 0.1) is 0 Å². The third kappa shape index (κ3) is 3.31. The van der Waals surface area contributed by atoms with Gasteiger partial charge in [-0.25, -0.2) is 0 Å². The van der Waals surface area contributed by atoms with Crippen LogP contribution in [0.25, 0.3) is 11.4 Å². The Morgan fingerprint density at radius 3 is 2.48 bits per heavy atom. The Morgan fingerprint density at radius 2 is 1.76 bits per heavy atom. The molecule has 0 aliphatic rings. The quantitative estimate of drug-likeness (QED) is 0.691. The predicted molar refractivity (Wildman–Crippen MR) is 82.9 cm³/mol. The third-order valence-electron chi connectivity index (χ3n) is 2.95. The van der Waals surface area contributed by atoms with E-state index in [1.54, 1.807) is 0 Å². The van der Waals surface area contributed by atoms with E-state index < -0.39 is 0 Å². The van der Waals surface area contributed by atoms with Crippen LogP contribution >= 0.6 is 15.9 Å². The van der Waals surface area contributed by atoms with Gasteiger partial charge >= 0.3 is 0 Å². The average molecular weight is 345 g/mol. The number of ether oxygens (including phenoxy) is 1. The molecule has 1 heterocycles. The van der Waals surface area contributed by atoms with Crippen LogP contribution in [0.5, 0.6) is 5.75 Å². The smallest absolute Gasteiger partial charge is 0.267 e. The first-order valence-corrected chi connectivity index (χ1v) is 7.33. The standard InChI is InChI=1S/C16H13BrN2O2/c1-11(20-14-5-3-2-4-6-14)16-18-15(19-21-16)12-7-9-13(17)10-8-12/h2-11H,1H3. The molecule has 3 aromatic rings. The van der Waals surface area contributed by atoms with E-state index in [1.807, 2.05) is 61.5 Å². The first-order chi connectivity index (χ1) is 10.2. The molecule has 106 valence electrons. The van der Waals surface area contributed by atoms with E-state index in [9.17, 15) is 0 Å². The minimum Gasteiger partial charge on any atom is -0.481 e. The molecule has 21 heavy (non-hydrogen) atoms. The maximum Gasteiger partial charge on any atom is 0.267 e. The molecule has 0 aliphatic heterocycles. The van der Waals surface area contributed by atoms with Gasteiger partial charge < -0.3 is 9.26 Å². The number of nitrogens with zero attached hydrogens (tertiary/aromatic N) is 2. The fourth-order valence-electron chi connectivity index (χ4n) is 1.87. The number of halogens is 1. The van der Waals surface area contributed by atoms with E-state index in [4.69, 9.17) is 9.26 Å². The lowest BCUT2D eigenvalue weighted by Crippen LogP contribution is -2.03. The highest BCUT2D eigenvalue weighted by atomic mass is 79.9. The van der Waals surface area contributed by atoms with E-state index in [2.05, 4.69) is 26.1 Å². The lowest BCUT2D eigenvalue weighted by molar-refractivity contribution is 0.176. The largest absolute Gasteiger partial charge is 0.481 e. The van der Waals surface area contributed by atoms with Crippen LogP contribution in [-0.2, 0) is 0 Å². The number of hydrogen-bond donors (Lipinski definition) is 0. The van der Waals surface area contributed by atoms with Gasteiger partial charge in [-0.15, -0.1) is 0 Å². The van der Waals surface area contributed by atoms with Gasteiger partial charge in [0.25, 0.3) is 5.89 Å². The summed E-state index contributed by atoms with van der Waals surface area (Å²) in [6.45, 7) is 1.88. The minimum atomic E-state index is -0.302. The summed E-state index contributed by atoms with van der Waals surface area (Å²) in [4.78, 5) is 4.39. The molecule has 3 rings (SSSR count). The van der Waals surface area contributed by atoms with E-state index >= 15 is 0 Å². The van der Waals surface area contributed by atoms with Crippen LogP contribution in [-0.4, -0.2) is 10.1 Å². The summed E-state index contributed by atoms with van der Waals surface area (Å²) >= 11 is 3.40. The van der Waals surface area contributed by atoms with Gasteiger partial charge in [0.2, 0.25) is 5.82 Å². The number of rotatable bonds is 4. The highest BCUT2D eigenvalue weighted by molar-refractivity contribution is 9.10. The first-order valence-electron chi connectivity index (χ1n) is 6.53. The van der Waals surface area contributed by atoms with E-state index in [0.29, 0.717) is 11.7 Å². The molecule has 0 N–H and O–H groups in total. The molecule has 5 heteroatoms. The second kappa shape index (κ2) is 6.10. The Labute approximate surface area is 130 Å². The highest BCUT2D eigenvalue weighted by Crippen LogP contribution is 2.23. The van der Waals surface area contributed by atoms with Crippen LogP contribution in [0.2, 0.25) is 0 Å². The van der Waals surface area contributed by atoms with Crippen molar-refractivity contribution in [2.45, 2.75) is 13.0 Å². The molecule has 0 saturated heterocycles. The fraction of sp³-hybridized carbons (Fsp3) is 0.125. The van der Waals surface area contributed by atoms with Crippen LogP contribution in [0.15, 0.2) is 63.6 Å². The van der Waals surface area contributed by atoms with Crippen molar-refractivity contribution in [3.63, 3.8) is 0 Å². The molecule has 1 unspecified atom stereocenters. The molecule has 0 bridgehead atoms. The molecular weight excluding hydrogens is 332 g/mol. The molecule has 0 amide bonds. The Morgan fingerprint density at radius 1 is 1.05 bits per heavy atom. The second-order valence-electron chi connectivity index (χ2n) is 4.54. The van der Waals surface area contributed by atoms with Gasteiger partial charge in [-0.3, -0.25) is 0 Å². The van der Waals surface area contributed by atoms with Gasteiger partial charge in [0, 0.05) is 10.0 Å². The molecule has 0 radical (unpaired) electrons. The normalized spacial score (nSPS) is 12.1. The molecule has 0 saturated carbocycles. The highest BCUT2D eigenvalue weighted by Gasteiger charge is 2.16. The zero-order valence-electron chi connectivity index (χ0n) is 11.4. The molecule has 4 nitrogen and oxygen atoms in total. The monoisotopic (exact) mass is 344 g/mol. The van der Waals surface area contributed by atoms with Gasteiger partial charge in [-0.2, -0.15) is 4.98 Å². The Balaban J connectivity index is 1.76. The number of hydrogen-bond acceptors (Lipinski definition) is 4. The first kappa shape index (κ1) is 13.8. The van der Waals surface area contributed by atoms with Crippen molar-refractivity contribution < 1.29 is 9.26 Å². The van der Waals surface area contributed by atoms with Crippen LogP contribution in [0.4, 0.5) is 0 Å². The maximum atomic E-state index is 5.76. The van der Waals surface area contributed by atoms with Crippen LogP contribution < -0.4 is 4.74 Å². The molecule has 1 aromatic heterocycles. The van der Waals surface area contributed by atoms with Gasteiger partial charge in [0.15, 0.2) is 6.10 Å². The number of para-hydroxylation sites is 1. The van der Waals surface area contributed by atoms with Gasteiger partial charge in [-0.05, 0) is 43.3 Å². The Bertz CT molecular complexity index is 711. The summed E-state index contributed by atoms with van der Waals surface area (Å²) in [7, 11) is 0. The summed E-state index contributed by atoms with van der Waals surface area (Å²) in [5, 5.41) is 4.00. The molecule has 0 fully saturated rings. The number of aromatic nitrogens is 2. The van der Waals surface area contributed by atoms with Crippen LogP contribution in [0.3, 0.4) is 0 Å². The predicted octanol–water partition coefficient (Wildman–Crippen LogP) is 4.64. The van der Waals surface area contributed by atoms with Crippen molar-refractivity contribution >= 4 is 15.9 Å². The maximum absolute atomic E-state index is 5.76. The van der Waals surface area contributed by atoms with E-state index in [0.717, 1.165) is 15.8 Å². The zero-order chi connectivity index (χ0) is 14.7. The summed E-state index contributed by atoms with van der Waals surface area (Å²) in [5.74, 6) is 1.78. The van der Waals surface area contributed by atoms with Gasteiger partial charge in [0.1, 0.15) is 5.75 Å². The summed E-state index contributed by atoms with van der Waals surface area (Å²) in [6, 6.07) is 17.3. The molecular formula is C16H13BrN2O2. The number of benzene rings is 2. The Kier molecular flexibility index (Phi) is 4.01. The molecule has 0 spiro atoms. The average Bonchev–Trinajstić information content (AvgIpc) is 2.99. The minimum absolute atomic E-state index is 0.302. The molecule has 2 aromatic carbocycles. The SMILES string of the molecule is CC(Oc1ccccc1)c1nc(-c2ccc(Br)cc2)no1. The Hall–Kier alpha value is -2.14. The second-order valence-corrected chi connectivity index (χ2v) is 5.45. The summed E-state index contributed by atoms with van der Waals surface area (Å²) in [5.41, 5.74) is 0.903. The van der Waals surface area contributed by atoms with Gasteiger partial charge in [-0.1, -0.05) is 39.3 Å². The third-order valence-corrected chi connectivity index (χ3v) is 3.48. The molecule has 0 aliphatic carbocycles. The van der Waals surface area contributed by atoms with Crippen molar-refractivity contribution in [2.75, 3.05) is 0 Å². The van der Waals surface area contributed by atoms with E-state index in [-0.39, 0.29) is 6.10 Å².